The van der Waals surface area contributed by atoms with E-state index in [1.165, 1.54) is 24.3 Å². The molecule has 0 saturated heterocycles. The average Bonchev–Trinajstić information content (AvgIpc) is 2.67. The maximum Gasteiger partial charge on any atom is 0.335 e. The Balaban J connectivity index is 1.91. The summed E-state index contributed by atoms with van der Waals surface area (Å²) in [5.41, 5.74) is 0.123. The van der Waals surface area contributed by atoms with Gasteiger partial charge in [0.15, 0.2) is 5.60 Å². The first-order chi connectivity index (χ1) is 12.4. The van der Waals surface area contributed by atoms with E-state index in [9.17, 15) is 25.1 Å². The van der Waals surface area contributed by atoms with E-state index in [0.717, 1.165) is 5.56 Å². The molecule has 0 radical (unpaired) electrons. The molecule has 1 atom stereocenters. The van der Waals surface area contributed by atoms with Gasteiger partial charge in [-0.15, -0.1) is 0 Å². The van der Waals surface area contributed by atoms with Crippen LogP contribution in [0, 0.1) is 10.1 Å². The molecule has 0 amide bonds. The monoisotopic (exact) mass is 347 g/mol. The van der Waals surface area contributed by atoms with E-state index in [0.29, 0.717) is 11.1 Å². The smallest absolute Gasteiger partial charge is 0.335 e. The molecule has 128 valence electrons. The third-order valence-electron chi connectivity index (χ3n) is 4.72. The third-order valence-corrected chi connectivity index (χ3v) is 4.72. The van der Waals surface area contributed by atoms with Crippen LogP contribution in [0.5, 0.6) is 0 Å². The van der Waals surface area contributed by atoms with Crippen molar-refractivity contribution in [1.29, 1.82) is 0 Å². The molecular formula is C20H13NO5. The minimum atomic E-state index is -1.70. The van der Waals surface area contributed by atoms with E-state index < -0.39 is 16.5 Å². The number of carboxylic acid groups (broad SMARTS) is 1. The lowest BCUT2D eigenvalue weighted by Gasteiger charge is -2.43. The summed E-state index contributed by atoms with van der Waals surface area (Å²) in [7, 11) is 0. The van der Waals surface area contributed by atoms with Gasteiger partial charge in [0, 0.05) is 0 Å². The first-order valence-electron chi connectivity index (χ1n) is 7.88. The van der Waals surface area contributed by atoms with Gasteiger partial charge >= 0.3 is 5.97 Å². The second-order valence-corrected chi connectivity index (χ2v) is 6.10. The lowest BCUT2D eigenvalue weighted by atomic mass is 9.62. The summed E-state index contributed by atoms with van der Waals surface area (Å²) in [5.74, 6) is -1.13. The molecule has 2 aromatic carbocycles. The summed E-state index contributed by atoms with van der Waals surface area (Å²) in [6.45, 7) is 0. The van der Waals surface area contributed by atoms with Crippen molar-refractivity contribution in [3.63, 3.8) is 0 Å². The zero-order valence-electron chi connectivity index (χ0n) is 13.4. The van der Waals surface area contributed by atoms with Gasteiger partial charge in [-0.25, -0.2) is 4.79 Å². The largest absolute Gasteiger partial charge is 0.478 e. The summed E-state index contributed by atoms with van der Waals surface area (Å²) < 4.78 is 0. The first-order valence-corrected chi connectivity index (χ1v) is 7.88. The lowest BCUT2D eigenvalue weighted by Crippen LogP contribution is -2.45. The fourth-order valence-corrected chi connectivity index (χ4v) is 3.55. The molecule has 0 fully saturated rings. The quantitative estimate of drug-likeness (QED) is 0.654. The lowest BCUT2D eigenvalue weighted by molar-refractivity contribution is -0.429. The molecule has 0 aromatic heterocycles. The number of nitro groups is 1. The van der Waals surface area contributed by atoms with Crippen LogP contribution in [0.1, 0.15) is 21.5 Å². The molecule has 2 bridgehead atoms. The predicted molar refractivity (Wildman–Crippen MR) is 93.8 cm³/mol. The van der Waals surface area contributed by atoms with E-state index in [4.69, 9.17) is 0 Å². The number of rotatable bonds is 4. The highest BCUT2D eigenvalue weighted by molar-refractivity contribution is 5.93. The minimum absolute atomic E-state index is 0.00925. The van der Waals surface area contributed by atoms with Crippen LogP contribution in [0.2, 0.25) is 0 Å². The molecule has 6 nitrogen and oxygen atoms in total. The number of fused-ring (bicyclic) bond motifs is 2. The number of allylic oxidation sites excluding steroid dienone is 2. The van der Waals surface area contributed by atoms with Crippen molar-refractivity contribution < 1.29 is 19.9 Å². The highest BCUT2D eigenvalue weighted by atomic mass is 16.6. The molecule has 2 aromatic rings. The van der Waals surface area contributed by atoms with Crippen molar-refractivity contribution in [3.8, 4) is 0 Å². The Labute approximate surface area is 148 Å². The van der Waals surface area contributed by atoms with Crippen molar-refractivity contribution in [2.45, 2.75) is 5.60 Å². The molecule has 2 aliphatic carbocycles. The number of aliphatic hydroxyl groups is 1. The summed E-state index contributed by atoms with van der Waals surface area (Å²) >= 11 is 0. The number of carboxylic acids is 1. The second kappa shape index (κ2) is 5.50. The first kappa shape index (κ1) is 16.0. The van der Waals surface area contributed by atoms with Crippen LogP contribution in [-0.4, -0.2) is 21.1 Å². The van der Waals surface area contributed by atoms with Gasteiger partial charge in [-0.3, -0.25) is 10.1 Å². The fraction of sp³-hybridized carbons (Fsp3) is 0.0500. The number of benzene rings is 2. The summed E-state index contributed by atoms with van der Waals surface area (Å²) in [5, 5.41) is 32.1. The third kappa shape index (κ3) is 2.06. The molecule has 0 saturated carbocycles. The van der Waals surface area contributed by atoms with E-state index in [1.807, 2.05) is 30.3 Å². The average molecular weight is 347 g/mol. The van der Waals surface area contributed by atoms with Crippen LogP contribution >= 0.6 is 0 Å². The van der Waals surface area contributed by atoms with Crippen LogP contribution in [-0.2, 0) is 5.60 Å². The topological polar surface area (TPSA) is 101 Å². The highest BCUT2D eigenvalue weighted by Crippen LogP contribution is 2.58. The molecule has 26 heavy (non-hydrogen) atoms. The van der Waals surface area contributed by atoms with Gasteiger partial charge in [-0.1, -0.05) is 48.5 Å². The predicted octanol–water partition coefficient (Wildman–Crippen LogP) is 3.14. The van der Waals surface area contributed by atoms with Crippen molar-refractivity contribution in [2.24, 2.45) is 0 Å². The Morgan fingerprint density at radius 2 is 1.77 bits per heavy atom. The van der Waals surface area contributed by atoms with Gasteiger partial charge in [0.05, 0.1) is 21.6 Å². The Hall–Kier alpha value is -3.51. The van der Waals surface area contributed by atoms with Crippen molar-refractivity contribution in [2.75, 3.05) is 0 Å². The molecule has 6 heteroatoms. The SMILES string of the molecule is O=C(O)c1cccc(C2(O)c3ccc(-c4ccccc4)c2c3[N+](=O)[O-])c1. The van der Waals surface area contributed by atoms with Gasteiger partial charge in [0.2, 0.25) is 0 Å². The Morgan fingerprint density at radius 1 is 1.04 bits per heavy atom. The number of hydrogen-bond donors (Lipinski definition) is 2. The number of aromatic carboxylic acids is 1. The van der Waals surface area contributed by atoms with Gasteiger partial charge < -0.3 is 10.2 Å². The zero-order valence-corrected chi connectivity index (χ0v) is 13.4. The Morgan fingerprint density at radius 3 is 2.42 bits per heavy atom. The van der Waals surface area contributed by atoms with Gasteiger partial charge in [-0.2, -0.15) is 0 Å². The van der Waals surface area contributed by atoms with Gasteiger partial charge in [-0.05, 0) is 34.9 Å². The second-order valence-electron chi connectivity index (χ2n) is 6.10. The van der Waals surface area contributed by atoms with E-state index >= 15 is 0 Å². The Kier molecular flexibility index (Phi) is 3.38. The van der Waals surface area contributed by atoms with Gasteiger partial charge in [0.1, 0.15) is 0 Å². The maximum atomic E-state index is 11.5. The molecule has 4 rings (SSSR count). The molecule has 0 spiro atoms. The summed E-state index contributed by atoms with van der Waals surface area (Å²) in [6, 6.07) is 14.9. The van der Waals surface area contributed by atoms with Crippen LogP contribution < -0.4 is 0 Å². The number of hydrogen-bond acceptors (Lipinski definition) is 4. The van der Waals surface area contributed by atoms with Crippen molar-refractivity contribution in [1.82, 2.24) is 0 Å². The molecule has 2 aliphatic rings. The normalized spacial score (nSPS) is 20.8. The van der Waals surface area contributed by atoms with Crippen LogP contribution in [0.15, 0.2) is 83.6 Å². The Bertz CT molecular complexity index is 1050. The van der Waals surface area contributed by atoms with E-state index in [-0.39, 0.29) is 22.4 Å². The molecule has 2 N–H and O–H groups in total. The van der Waals surface area contributed by atoms with Gasteiger partial charge in [0.25, 0.3) is 5.70 Å². The van der Waals surface area contributed by atoms with Crippen LogP contribution in [0.4, 0.5) is 0 Å². The maximum absolute atomic E-state index is 11.5. The minimum Gasteiger partial charge on any atom is -0.478 e. The van der Waals surface area contributed by atoms with E-state index in [2.05, 4.69) is 0 Å². The van der Waals surface area contributed by atoms with Crippen LogP contribution in [0.25, 0.3) is 5.57 Å². The summed E-state index contributed by atoms with van der Waals surface area (Å²) in [4.78, 5) is 22.3. The van der Waals surface area contributed by atoms with E-state index in [1.54, 1.807) is 12.1 Å². The molecule has 0 aliphatic heterocycles. The van der Waals surface area contributed by atoms with Crippen LogP contribution in [0.3, 0.4) is 0 Å². The van der Waals surface area contributed by atoms with Crippen molar-refractivity contribution in [3.05, 3.63) is 110 Å². The molecular weight excluding hydrogens is 334 g/mol. The number of nitrogens with zero attached hydrogens (tertiary/aromatic N) is 1. The fourth-order valence-electron chi connectivity index (χ4n) is 3.55. The molecule has 1 unspecified atom stereocenters. The number of carbonyl (C=O) groups is 1. The summed E-state index contributed by atoms with van der Waals surface area (Å²) in [6.07, 6.45) is 3.27. The highest BCUT2D eigenvalue weighted by Gasteiger charge is 2.59. The standard InChI is InChI=1S/C20H13NO5/c22-19(23)13-7-4-8-14(11-13)20(24)16-10-9-15(12-5-2-1-3-6-12)17(20)18(16)21(25)26/h1-11,24H,(H,22,23). The van der Waals surface area contributed by atoms with Crippen molar-refractivity contribution >= 4 is 11.5 Å². The molecule has 0 heterocycles. The zero-order chi connectivity index (χ0) is 18.5.